The summed E-state index contributed by atoms with van der Waals surface area (Å²) in [6.07, 6.45) is 0.984. The summed E-state index contributed by atoms with van der Waals surface area (Å²) < 4.78 is 5.54. The molecule has 1 fully saturated rings. The number of hydrogen-bond acceptors (Lipinski definition) is 4. The van der Waals surface area contributed by atoms with Crippen LogP contribution in [0.4, 0.5) is 5.95 Å². The van der Waals surface area contributed by atoms with Crippen LogP contribution in [0.1, 0.15) is 12.8 Å². The second kappa shape index (κ2) is 5.40. The summed E-state index contributed by atoms with van der Waals surface area (Å²) in [5, 5.41) is 3.26. The van der Waals surface area contributed by atoms with Crippen LogP contribution in [0.15, 0.2) is 18.2 Å². The average molecular weight is 295 g/mol. The average Bonchev–Trinajstić information content (AvgIpc) is 3.05. The number of halogens is 1. The third kappa shape index (κ3) is 2.49. The van der Waals surface area contributed by atoms with Crippen molar-refractivity contribution in [1.29, 1.82) is 0 Å². The van der Waals surface area contributed by atoms with Crippen molar-refractivity contribution < 1.29 is 9.53 Å². The number of amides is 1. The zero-order valence-corrected chi connectivity index (χ0v) is 11.5. The largest absolute Gasteiger partial charge is 0.364 e. The van der Waals surface area contributed by atoms with E-state index in [0.29, 0.717) is 29.5 Å². The number of fused-ring (bicyclic) bond motifs is 1. The molecule has 1 aliphatic heterocycles. The number of aromatic amines is 1. The first-order valence-electron chi connectivity index (χ1n) is 6.48. The van der Waals surface area contributed by atoms with Crippen LogP contribution >= 0.6 is 11.6 Å². The standard InChI is InChI=1S/C13H15ClN4O2/c14-8-2-1-3-9-11(8)17-13(16-9)18-12(19)10-5-4-7(6-15)20-10/h1-3,7,10H,4-6,15H2,(H2,16,17,18,19)/t7-,10+/m1/s1. The van der Waals surface area contributed by atoms with Crippen LogP contribution in [-0.4, -0.2) is 34.6 Å². The minimum Gasteiger partial charge on any atom is -0.364 e. The zero-order valence-electron chi connectivity index (χ0n) is 10.7. The van der Waals surface area contributed by atoms with E-state index in [0.717, 1.165) is 11.9 Å². The normalized spacial score (nSPS) is 22.3. The molecule has 1 aliphatic rings. The van der Waals surface area contributed by atoms with E-state index in [1.807, 2.05) is 12.1 Å². The van der Waals surface area contributed by atoms with Crippen molar-refractivity contribution in [1.82, 2.24) is 9.97 Å². The molecule has 1 saturated heterocycles. The Morgan fingerprint density at radius 2 is 2.40 bits per heavy atom. The Hall–Kier alpha value is -1.63. The number of nitrogens with two attached hydrogens (primary N) is 1. The molecule has 0 saturated carbocycles. The minimum atomic E-state index is -0.466. The van der Waals surface area contributed by atoms with Crippen molar-refractivity contribution in [2.24, 2.45) is 5.73 Å². The molecule has 106 valence electrons. The third-order valence-electron chi connectivity index (χ3n) is 3.37. The highest BCUT2D eigenvalue weighted by Crippen LogP contribution is 2.24. The van der Waals surface area contributed by atoms with Crippen LogP contribution in [0.3, 0.4) is 0 Å². The second-order valence-corrected chi connectivity index (χ2v) is 5.18. The van der Waals surface area contributed by atoms with Gasteiger partial charge in [-0.1, -0.05) is 17.7 Å². The molecule has 4 N–H and O–H groups in total. The lowest BCUT2D eigenvalue weighted by Crippen LogP contribution is -2.30. The molecule has 0 unspecified atom stereocenters. The molecule has 6 nitrogen and oxygen atoms in total. The fourth-order valence-electron chi connectivity index (χ4n) is 2.33. The maximum atomic E-state index is 12.1. The molecular formula is C13H15ClN4O2. The lowest BCUT2D eigenvalue weighted by Gasteiger charge is -2.11. The lowest BCUT2D eigenvalue weighted by atomic mass is 10.2. The molecule has 2 aromatic rings. The Balaban J connectivity index is 1.73. The number of imidazole rings is 1. The number of hydrogen-bond donors (Lipinski definition) is 3. The van der Waals surface area contributed by atoms with Crippen LogP contribution < -0.4 is 11.1 Å². The van der Waals surface area contributed by atoms with E-state index < -0.39 is 6.10 Å². The van der Waals surface area contributed by atoms with E-state index in [-0.39, 0.29) is 12.0 Å². The van der Waals surface area contributed by atoms with Crippen LogP contribution in [0.2, 0.25) is 5.02 Å². The summed E-state index contributed by atoms with van der Waals surface area (Å²) in [6, 6.07) is 5.42. The Kier molecular flexibility index (Phi) is 3.60. The van der Waals surface area contributed by atoms with Crippen LogP contribution in [0.5, 0.6) is 0 Å². The molecule has 0 radical (unpaired) electrons. The van der Waals surface area contributed by atoms with Gasteiger partial charge < -0.3 is 15.5 Å². The molecule has 2 heterocycles. The number of anilines is 1. The summed E-state index contributed by atoms with van der Waals surface area (Å²) in [6.45, 7) is 0.435. The maximum absolute atomic E-state index is 12.1. The van der Waals surface area contributed by atoms with Crippen molar-refractivity contribution >= 4 is 34.5 Å². The van der Waals surface area contributed by atoms with Gasteiger partial charge in [0.05, 0.1) is 16.6 Å². The molecule has 3 rings (SSSR count). The summed E-state index contributed by atoms with van der Waals surface area (Å²) in [5.41, 5.74) is 6.94. The van der Waals surface area contributed by atoms with Crippen LogP contribution in [-0.2, 0) is 9.53 Å². The number of H-pyrrole nitrogens is 1. The minimum absolute atomic E-state index is 0.0316. The number of aromatic nitrogens is 2. The number of nitrogens with one attached hydrogen (secondary N) is 2. The van der Waals surface area contributed by atoms with E-state index in [1.54, 1.807) is 6.07 Å². The number of rotatable bonds is 3. The molecule has 2 atom stereocenters. The number of carbonyl (C=O) groups excluding carboxylic acids is 1. The summed E-state index contributed by atoms with van der Waals surface area (Å²) >= 11 is 6.04. The monoisotopic (exact) mass is 294 g/mol. The van der Waals surface area contributed by atoms with Gasteiger partial charge in [0.1, 0.15) is 11.6 Å². The van der Waals surface area contributed by atoms with Gasteiger partial charge >= 0.3 is 0 Å². The summed E-state index contributed by atoms with van der Waals surface area (Å²) in [7, 11) is 0. The van der Waals surface area contributed by atoms with E-state index >= 15 is 0 Å². The van der Waals surface area contributed by atoms with Gasteiger partial charge in [-0.25, -0.2) is 4.98 Å². The number of benzene rings is 1. The van der Waals surface area contributed by atoms with Crippen molar-refractivity contribution in [3.05, 3.63) is 23.2 Å². The topological polar surface area (TPSA) is 93.0 Å². The highest BCUT2D eigenvalue weighted by Gasteiger charge is 2.30. The van der Waals surface area contributed by atoms with Crippen LogP contribution in [0, 0.1) is 0 Å². The van der Waals surface area contributed by atoms with Gasteiger partial charge in [-0.05, 0) is 25.0 Å². The fourth-order valence-corrected chi connectivity index (χ4v) is 2.54. The predicted molar refractivity (Wildman–Crippen MR) is 76.7 cm³/mol. The van der Waals surface area contributed by atoms with Gasteiger partial charge in [-0.15, -0.1) is 0 Å². The van der Waals surface area contributed by atoms with Crippen LogP contribution in [0.25, 0.3) is 11.0 Å². The first-order valence-corrected chi connectivity index (χ1v) is 6.86. The predicted octanol–water partition coefficient (Wildman–Crippen LogP) is 1.66. The van der Waals surface area contributed by atoms with Crippen molar-refractivity contribution in [2.45, 2.75) is 25.0 Å². The maximum Gasteiger partial charge on any atom is 0.255 e. The quantitative estimate of drug-likeness (QED) is 0.802. The molecule has 0 aliphatic carbocycles. The highest BCUT2D eigenvalue weighted by molar-refractivity contribution is 6.35. The Morgan fingerprint density at radius 3 is 3.10 bits per heavy atom. The first kappa shape index (κ1) is 13.4. The van der Waals surface area contributed by atoms with E-state index in [2.05, 4.69) is 15.3 Å². The molecule has 0 bridgehead atoms. The van der Waals surface area contributed by atoms with Crippen molar-refractivity contribution in [2.75, 3.05) is 11.9 Å². The molecule has 0 spiro atoms. The van der Waals surface area contributed by atoms with Gasteiger partial charge in [0.25, 0.3) is 5.91 Å². The van der Waals surface area contributed by atoms with Gasteiger partial charge in [0.15, 0.2) is 0 Å². The molecule has 20 heavy (non-hydrogen) atoms. The third-order valence-corrected chi connectivity index (χ3v) is 3.67. The van der Waals surface area contributed by atoms with E-state index in [9.17, 15) is 4.79 Å². The SMILES string of the molecule is NC[C@H]1CC[C@@H](C(=O)Nc2nc3c(Cl)cccc3[nH]2)O1. The highest BCUT2D eigenvalue weighted by atomic mass is 35.5. The molecule has 1 amide bonds. The number of ether oxygens (including phenoxy) is 1. The Labute approximate surface area is 120 Å². The lowest BCUT2D eigenvalue weighted by molar-refractivity contribution is -0.126. The van der Waals surface area contributed by atoms with Gasteiger partial charge in [0.2, 0.25) is 5.95 Å². The molecular weight excluding hydrogens is 280 g/mol. The second-order valence-electron chi connectivity index (χ2n) is 4.77. The van der Waals surface area contributed by atoms with Gasteiger partial charge in [0, 0.05) is 6.54 Å². The molecule has 1 aromatic heterocycles. The number of carbonyl (C=O) groups is 1. The Bertz CT molecular complexity index is 642. The van der Waals surface area contributed by atoms with E-state index in [1.165, 1.54) is 0 Å². The van der Waals surface area contributed by atoms with E-state index in [4.69, 9.17) is 22.1 Å². The van der Waals surface area contributed by atoms with Crippen molar-refractivity contribution in [3.63, 3.8) is 0 Å². The van der Waals surface area contributed by atoms with Gasteiger partial charge in [-0.3, -0.25) is 10.1 Å². The smallest absolute Gasteiger partial charge is 0.255 e. The number of para-hydroxylation sites is 1. The number of nitrogens with zero attached hydrogens (tertiary/aromatic N) is 1. The van der Waals surface area contributed by atoms with Crippen molar-refractivity contribution in [3.8, 4) is 0 Å². The summed E-state index contributed by atoms with van der Waals surface area (Å²) in [4.78, 5) is 19.3. The zero-order chi connectivity index (χ0) is 14.1. The van der Waals surface area contributed by atoms with Gasteiger partial charge in [-0.2, -0.15) is 0 Å². The molecule has 1 aromatic carbocycles. The first-order chi connectivity index (χ1) is 9.67. The Morgan fingerprint density at radius 1 is 1.55 bits per heavy atom. The molecule has 7 heteroatoms. The fraction of sp³-hybridized carbons (Fsp3) is 0.385. The summed E-state index contributed by atoms with van der Waals surface area (Å²) in [5.74, 6) is 0.161.